The lowest BCUT2D eigenvalue weighted by atomic mass is 10.1. The van der Waals surface area contributed by atoms with E-state index >= 15 is 0 Å². The van der Waals surface area contributed by atoms with Crippen LogP contribution in [0.1, 0.15) is 21.7 Å². The standard InChI is InChI=1S/C15H21N3S/c1-11-5-7-13(8-6-11)10-18(4)15-17-12(2)14(19-15)9-16-3/h5-8,16H,9-10H2,1-4H3. The van der Waals surface area contributed by atoms with Crippen molar-refractivity contribution in [3.8, 4) is 0 Å². The zero-order chi connectivity index (χ0) is 13.8. The second-order valence-corrected chi connectivity index (χ2v) is 5.94. The van der Waals surface area contributed by atoms with Gasteiger partial charge in [0.25, 0.3) is 0 Å². The lowest BCUT2D eigenvalue weighted by molar-refractivity contribution is 0.822. The van der Waals surface area contributed by atoms with Crippen LogP contribution in [0, 0.1) is 13.8 Å². The van der Waals surface area contributed by atoms with Crippen LogP contribution in [0.15, 0.2) is 24.3 Å². The Morgan fingerprint density at radius 1 is 1.21 bits per heavy atom. The zero-order valence-corrected chi connectivity index (χ0v) is 12.8. The summed E-state index contributed by atoms with van der Waals surface area (Å²) in [5.74, 6) is 0. The number of aromatic nitrogens is 1. The first-order valence-corrected chi connectivity index (χ1v) is 7.29. The SMILES string of the molecule is CNCc1sc(N(C)Cc2ccc(C)cc2)nc1C. The van der Waals surface area contributed by atoms with Gasteiger partial charge >= 0.3 is 0 Å². The highest BCUT2D eigenvalue weighted by molar-refractivity contribution is 7.15. The molecular weight excluding hydrogens is 254 g/mol. The maximum Gasteiger partial charge on any atom is 0.185 e. The van der Waals surface area contributed by atoms with Gasteiger partial charge in [-0.05, 0) is 26.5 Å². The Morgan fingerprint density at radius 3 is 2.53 bits per heavy atom. The number of hydrogen-bond donors (Lipinski definition) is 1. The number of rotatable bonds is 5. The Hall–Kier alpha value is -1.39. The third-order valence-electron chi connectivity index (χ3n) is 3.09. The molecule has 0 saturated heterocycles. The average molecular weight is 275 g/mol. The van der Waals surface area contributed by atoms with Crippen molar-refractivity contribution in [1.29, 1.82) is 0 Å². The molecule has 1 heterocycles. The summed E-state index contributed by atoms with van der Waals surface area (Å²) >= 11 is 1.77. The van der Waals surface area contributed by atoms with E-state index in [0.29, 0.717) is 0 Å². The first-order chi connectivity index (χ1) is 9.10. The number of nitrogens with zero attached hydrogens (tertiary/aromatic N) is 2. The molecule has 19 heavy (non-hydrogen) atoms. The molecule has 0 unspecified atom stereocenters. The normalized spacial score (nSPS) is 10.7. The van der Waals surface area contributed by atoms with Gasteiger partial charge in [0.2, 0.25) is 0 Å². The molecular formula is C15H21N3S. The predicted molar refractivity (Wildman–Crippen MR) is 82.9 cm³/mol. The fraction of sp³-hybridized carbons (Fsp3) is 0.400. The van der Waals surface area contributed by atoms with Gasteiger partial charge in [-0.1, -0.05) is 29.8 Å². The molecule has 0 amide bonds. The minimum atomic E-state index is 0.891. The second-order valence-electron chi connectivity index (χ2n) is 4.88. The highest BCUT2D eigenvalue weighted by atomic mass is 32.1. The summed E-state index contributed by atoms with van der Waals surface area (Å²) in [6.45, 7) is 5.97. The van der Waals surface area contributed by atoms with Gasteiger partial charge in [0.1, 0.15) is 0 Å². The minimum Gasteiger partial charge on any atom is -0.347 e. The smallest absolute Gasteiger partial charge is 0.185 e. The molecule has 2 aromatic rings. The van der Waals surface area contributed by atoms with Gasteiger partial charge in [-0.15, -0.1) is 11.3 Å². The number of nitrogens with one attached hydrogen (secondary N) is 1. The molecule has 1 aromatic heterocycles. The summed E-state index contributed by atoms with van der Waals surface area (Å²) in [7, 11) is 4.07. The first-order valence-electron chi connectivity index (χ1n) is 6.47. The van der Waals surface area contributed by atoms with E-state index in [4.69, 9.17) is 0 Å². The second kappa shape index (κ2) is 6.17. The van der Waals surface area contributed by atoms with Gasteiger partial charge in [-0.3, -0.25) is 0 Å². The lowest BCUT2D eigenvalue weighted by Gasteiger charge is -2.15. The molecule has 1 N–H and O–H groups in total. The van der Waals surface area contributed by atoms with E-state index in [-0.39, 0.29) is 0 Å². The topological polar surface area (TPSA) is 28.2 Å². The van der Waals surface area contributed by atoms with E-state index in [1.807, 2.05) is 7.05 Å². The lowest BCUT2D eigenvalue weighted by Crippen LogP contribution is -2.15. The van der Waals surface area contributed by atoms with E-state index in [1.165, 1.54) is 16.0 Å². The molecule has 1 aromatic carbocycles. The van der Waals surface area contributed by atoms with Gasteiger partial charge in [0.15, 0.2) is 5.13 Å². The number of aryl methyl sites for hydroxylation is 2. The monoisotopic (exact) mass is 275 g/mol. The third kappa shape index (κ3) is 3.55. The van der Waals surface area contributed by atoms with Crippen LogP contribution in [0.5, 0.6) is 0 Å². The van der Waals surface area contributed by atoms with Crippen molar-refractivity contribution < 1.29 is 0 Å². The van der Waals surface area contributed by atoms with Crippen molar-refractivity contribution in [2.24, 2.45) is 0 Å². The maximum atomic E-state index is 4.65. The molecule has 0 aliphatic carbocycles. The van der Waals surface area contributed by atoms with Crippen LogP contribution in [0.4, 0.5) is 5.13 Å². The molecule has 0 aliphatic heterocycles. The van der Waals surface area contributed by atoms with Crippen LogP contribution in [0.3, 0.4) is 0 Å². The van der Waals surface area contributed by atoms with Crippen LogP contribution in [0.25, 0.3) is 0 Å². The van der Waals surface area contributed by atoms with Crippen LogP contribution in [-0.2, 0) is 13.1 Å². The van der Waals surface area contributed by atoms with Gasteiger partial charge in [-0.2, -0.15) is 0 Å². The summed E-state index contributed by atoms with van der Waals surface area (Å²) in [5.41, 5.74) is 3.74. The van der Waals surface area contributed by atoms with Crippen LogP contribution >= 0.6 is 11.3 Å². The third-order valence-corrected chi connectivity index (χ3v) is 4.36. The highest BCUT2D eigenvalue weighted by Gasteiger charge is 2.10. The van der Waals surface area contributed by atoms with E-state index in [9.17, 15) is 0 Å². The molecule has 0 atom stereocenters. The van der Waals surface area contributed by atoms with E-state index < -0.39 is 0 Å². The Balaban J connectivity index is 2.09. The van der Waals surface area contributed by atoms with Crippen molar-refractivity contribution in [2.75, 3.05) is 19.0 Å². The fourth-order valence-electron chi connectivity index (χ4n) is 1.94. The molecule has 0 radical (unpaired) electrons. The largest absolute Gasteiger partial charge is 0.347 e. The highest BCUT2D eigenvalue weighted by Crippen LogP contribution is 2.26. The number of anilines is 1. The van der Waals surface area contributed by atoms with Gasteiger partial charge in [0, 0.05) is 25.0 Å². The first kappa shape index (κ1) is 14.0. The summed E-state index contributed by atoms with van der Waals surface area (Å²) in [5, 5.41) is 4.27. The Bertz CT molecular complexity index is 531. The molecule has 0 fully saturated rings. The van der Waals surface area contributed by atoms with Gasteiger partial charge in [0.05, 0.1) is 5.69 Å². The fourth-order valence-corrected chi connectivity index (χ4v) is 2.97. The zero-order valence-electron chi connectivity index (χ0n) is 12.0. The molecule has 3 nitrogen and oxygen atoms in total. The summed E-state index contributed by atoms with van der Waals surface area (Å²) in [6.07, 6.45) is 0. The van der Waals surface area contributed by atoms with Crippen LogP contribution < -0.4 is 10.2 Å². The number of benzene rings is 1. The summed E-state index contributed by atoms with van der Waals surface area (Å²) < 4.78 is 0. The summed E-state index contributed by atoms with van der Waals surface area (Å²) in [4.78, 5) is 8.17. The minimum absolute atomic E-state index is 0.891. The van der Waals surface area contributed by atoms with Crippen molar-refractivity contribution in [3.05, 3.63) is 46.0 Å². The predicted octanol–water partition coefficient (Wildman–Crippen LogP) is 3.12. The van der Waals surface area contributed by atoms with Gasteiger partial charge < -0.3 is 10.2 Å². The van der Waals surface area contributed by atoms with E-state index in [2.05, 4.69) is 60.4 Å². The molecule has 0 aliphatic rings. The molecule has 2 rings (SSSR count). The van der Waals surface area contributed by atoms with E-state index in [1.54, 1.807) is 11.3 Å². The van der Waals surface area contributed by atoms with E-state index in [0.717, 1.165) is 23.9 Å². The van der Waals surface area contributed by atoms with Crippen molar-refractivity contribution in [3.63, 3.8) is 0 Å². The number of thiazole rings is 1. The Kier molecular flexibility index (Phi) is 4.56. The van der Waals surface area contributed by atoms with Crippen LogP contribution in [-0.4, -0.2) is 19.1 Å². The quantitative estimate of drug-likeness (QED) is 0.909. The van der Waals surface area contributed by atoms with Crippen LogP contribution in [0.2, 0.25) is 0 Å². The molecule has 4 heteroatoms. The molecule has 102 valence electrons. The molecule has 0 saturated carbocycles. The Labute approximate surface area is 119 Å². The van der Waals surface area contributed by atoms with Gasteiger partial charge in [-0.25, -0.2) is 4.98 Å². The van der Waals surface area contributed by atoms with Crippen molar-refractivity contribution in [2.45, 2.75) is 26.9 Å². The maximum absolute atomic E-state index is 4.65. The molecule has 0 spiro atoms. The summed E-state index contributed by atoms with van der Waals surface area (Å²) in [6, 6.07) is 8.67. The van der Waals surface area contributed by atoms with Crippen molar-refractivity contribution in [1.82, 2.24) is 10.3 Å². The number of hydrogen-bond acceptors (Lipinski definition) is 4. The molecule has 0 bridgehead atoms. The van der Waals surface area contributed by atoms with Crippen molar-refractivity contribution >= 4 is 16.5 Å². The Morgan fingerprint density at radius 2 is 1.89 bits per heavy atom. The average Bonchev–Trinajstić information content (AvgIpc) is 2.75.